The third kappa shape index (κ3) is 8.09. The molecule has 0 aliphatic heterocycles. The molecule has 1 aromatic rings. The molecule has 132 valence electrons. The van der Waals surface area contributed by atoms with Gasteiger partial charge in [-0.1, -0.05) is 51.9 Å². The van der Waals surface area contributed by atoms with Crippen LogP contribution >= 0.6 is 21.6 Å². The minimum absolute atomic E-state index is 0.0361. The lowest BCUT2D eigenvalue weighted by Crippen LogP contribution is -2.42. The summed E-state index contributed by atoms with van der Waals surface area (Å²) < 4.78 is 4.96. The van der Waals surface area contributed by atoms with Crippen molar-refractivity contribution in [3.05, 3.63) is 35.9 Å². The SMILES string of the molecule is N[C@@H](CSSC[C@@H](NC(=O)OCc1ccccc1)C(=O)O)C(=O)O. The molecule has 0 saturated carbocycles. The summed E-state index contributed by atoms with van der Waals surface area (Å²) in [6.45, 7) is 0.0361. The van der Waals surface area contributed by atoms with Gasteiger partial charge in [0.15, 0.2) is 0 Å². The fraction of sp³-hybridized carbons (Fsp3) is 0.357. The van der Waals surface area contributed by atoms with Crippen LogP contribution in [0.4, 0.5) is 4.79 Å². The van der Waals surface area contributed by atoms with E-state index in [0.29, 0.717) is 0 Å². The van der Waals surface area contributed by atoms with E-state index in [1.807, 2.05) is 6.07 Å². The third-order valence-corrected chi connectivity index (χ3v) is 5.13. The molecule has 24 heavy (non-hydrogen) atoms. The highest BCUT2D eigenvalue weighted by atomic mass is 33.1. The number of hydrogen-bond donors (Lipinski definition) is 4. The number of hydrogen-bond acceptors (Lipinski definition) is 7. The molecule has 0 aromatic heterocycles. The first-order chi connectivity index (χ1) is 11.4. The van der Waals surface area contributed by atoms with Crippen LogP contribution in [0, 0.1) is 0 Å². The monoisotopic (exact) mass is 374 g/mol. The summed E-state index contributed by atoms with van der Waals surface area (Å²) in [4.78, 5) is 33.3. The van der Waals surface area contributed by atoms with Crippen molar-refractivity contribution in [1.29, 1.82) is 0 Å². The Hall–Kier alpha value is -1.91. The number of carbonyl (C=O) groups is 3. The Bertz CT molecular complexity index is 557. The molecule has 0 heterocycles. The van der Waals surface area contributed by atoms with Crippen molar-refractivity contribution < 1.29 is 29.3 Å². The number of alkyl carbamates (subject to hydrolysis) is 1. The molecule has 8 nitrogen and oxygen atoms in total. The van der Waals surface area contributed by atoms with E-state index in [4.69, 9.17) is 20.7 Å². The Labute approximate surface area is 146 Å². The van der Waals surface area contributed by atoms with Crippen LogP contribution in [-0.4, -0.2) is 51.8 Å². The number of carbonyl (C=O) groups excluding carboxylic acids is 1. The van der Waals surface area contributed by atoms with E-state index in [-0.39, 0.29) is 18.1 Å². The summed E-state index contributed by atoms with van der Waals surface area (Å²) in [7, 11) is 2.24. The lowest BCUT2D eigenvalue weighted by atomic mass is 10.2. The molecule has 5 N–H and O–H groups in total. The quantitative estimate of drug-likeness (QED) is 0.351. The molecular weight excluding hydrogens is 356 g/mol. The summed E-state index contributed by atoms with van der Waals surface area (Å²) in [5, 5.41) is 20.0. The first-order valence-electron chi connectivity index (χ1n) is 6.83. The second kappa shape index (κ2) is 10.8. The number of carboxylic acids is 2. The highest BCUT2D eigenvalue weighted by molar-refractivity contribution is 8.76. The number of nitrogens with two attached hydrogens (primary N) is 1. The molecule has 0 bridgehead atoms. The van der Waals surface area contributed by atoms with Gasteiger partial charge < -0.3 is 26.0 Å². The molecule has 0 aliphatic rings. The number of ether oxygens (including phenoxy) is 1. The Morgan fingerprint density at radius 1 is 1.08 bits per heavy atom. The van der Waals surface area contributed by atoms with Gasteiger partial charge in [0.2, 0.25) is 0 Å². The number of benzene rings is 1. The smallest absolute Gasteiger partial charge is 0.408 e. The van der Waals surface area contributed by atoms with Gasteiger partial charge in [-0.3, -0.25) is 4.79 Å². The molecule has 1 amide bonds. The zero-order chi connectivity index (χ0) is 17.9. The van der Waals surface area contributed by atoms with Crippen LogP contribution in [0.3, 0.4) is 0 Å². The van der Waals surface area contributed by atoms with Crippen LogP contribution in [0.15, 0.2) is 30.3 Å². The van der Waals surface area contributed by atoms with Gasteiger partial charge in [-0.25, -0.2) is 9.59 Å². The third-order valence-electron chi connectivity index (χ3n) is 2.69. The van der Waals surface area contributed by atoms with Gasteiger partial charge in [-0.05, 0) is 5.56 Å². The predicted octanol–water partition coefficient (Wildman–Crippen LogP) is 1.16. The fourth-order valence-corrected chi connectivity index (χ4v) is 3.66. The Kier molecular flexibility index (Phi) is 9.05. The van der Waals surface area contributed by atoms with Crippen LogP contribution in [-0.2, 0) is 20.9 Å². The molecule has 1 rings (SSSR count). The van der Waals surface area contributed by atoms with Crippen LogP contribution in [0.25, 0.3) is 0 Å². The van der Waals surface area contributed by atoms with Crippen LogP contribution in [0.2, 0.25) is 0 Å². The fourth-order valence-electron chi connectivity index (χ4n) is 1.39. The zero-order valence-electron chi connectivity index (χ0n) is 12.6. The van der Waals surface area contributed by atoms with Crippen molar-refractivity contribution in [1.82, 2.24) is 5.32 Å². The Balaban J connectivity index is 2.32. The van der Waals surface area contributed by atoms with Gasteiger partial charge in [0.25, 0.3) is 0 Å². The topological polar surface area (TPSA) is 139 Å². The van der Waals surface area contributed by atoms with Crippen molar-refractivity contribution in [2.75, 3.05) is 11.5 Å². The van der Waals surface area contributed by atoms with E-state index in [9.17, 15) is 14.4 Å². The Morgan fingerprint density at radius 2 is 1.71 bits per heavy atom. The van der Waals surface area contributed by atoms with Gasteiger partial charge >= 0.3 is 18.0 Å². The maximum atomic E-state index is 11.7. The summed E-state index contributed by atoms with van der Waals surface area (Å²) in [5.74, 6) is -2.15. The number of carboxylic acid groups (broad SMARTS) is 2. The van der Waals surface area contributed by atoms with E-state index >= 15 is 0 Å². The minimum atomic E-state index is -1.21. The summed E-state index contributed by atoms with van der Waals surface area (Å²) >= 11 is 0. The van der Waals surface area contributed by atoms with Gasteiger partial charge in [0.1, 0.15) is 18.7 Å². The molecule has 0 aliphatic carbocycles. The maximum Gasteiger partial charge on any atom is 0.408 e. The second-order valence-corrected chi connectivity index (χ2v) is 7.16. The van der Waals surface area contributed by atoms with Gasteiger partial charge in [-0.2, -0.15) is 0 Å². The molecule has 0 unspecified atom stereocenters. The van der Waals surface area contributed by atoms with E-state index in [1.165, 1.54) is 0 Å². The highest BCUT2D eigenvalue weighted by Gasteiger charge is 2.21. The molecule has 0 fully saturated rings. The zero-order valence-corrected chi connectivity index (χ0v) is 14.2. The largest absolute Gasteiger partial charge is 0.480 e. The molecular formula is C14H18N2O6S2. The lowest BCUT2D eigenvalue weighted by Gasteiger charge is -2.14. The van der Waals surface area contributed by atoms with Crippen LogP contribution in [0.1, 0.15) is 5.56 Å². The summed E-state index contributed by atoms with van der Waals surface area (Å²) in [5.41, 5.74) is 6.11. The first-order valence-corrected chi connectivity index (χ1v) is 9.31. The molecule has 0 spiro atoms. The van der Waals surface area contributed by atoms with Crippen molar-refractivity contribution >= 4 is 39.6 Å². The number of amides is 1. The molecule has 10 heteroatoms. The van der Waals surface area contributed by atoms with E-state index in [2.05, 4.69) is 5.32 Å². The molecule has 0 radical (unpaired) electrons. The van der Waals surface area contributed by atoms with Gasteiger partial charge in [0, 0.05) is 11.5 Å². The molecule has 1 aromatic carbocycles. The van der Waals surface area contributed by atoms with Crippen LogP contribution in [0.5, 0.6) is 0 Å². The standard InChI is InChI=1S/C14H18N2O6S2/c15-10(12(17)18)7-23-24-8-11(13(19)20)16-14(21)22-6-9-4-2-1-3-5-9/h1-5,10-11H,6-8,15H2,(H,16,21)(H,17,18)(H,19,20)/t10-,11+/m0/s1. The average molecular weight is 374 g/mol. The van der Waals surface area contributed by atoms with Crippen LogP contribution < -0.4 is 11.1 Å². The summed E-state index contributed by atoms with van der Waals surface area (Å²) in [6, 6.07) is 6.81. The Morgan fingerprint density at radius 3 is 2.29 bits per heavy atom. The van der Waals surface area contributed by atoms with E-state index in [1.54, 1.807) is 24.3 Å². The van der Waals surface area contributed by atoms with E-state index < -0.39 is 30.1 Å². The second-order valence-electron chi connectivity index (χ2n) is 4.61. The first kappa shape index (κ1) is 20.1. The predicted molar refractivity (Wildman–Crippen MR) is 91.7 cm³/mol. The number of nitrogens with one attached hydrogen (secondary N) is 1. The van der Waals surface area contributed by atoms with Crippen molar-refractivity contribution in [2.24, 2.45) is 5.73 Å². The minimum Gasteiger partial charge on any atom is -0.480 e. The number of rotatable bonds is 10. The summed E-state index contributed by atoms with van der Waals surface area (Å²) in [6.07, 6.45) is -0.834. The van der Waals surface area contributed by atoms with Gasteiger partial charge in [-0.15, -0.1) is 0 Å². The van der Waals surface area contributed by atoms with Crippen molar-refractivity contribution in [2.45, 2.75) is 18.7 Å². The molecule has 2 atom stereocenters. The maximum absolute atomic E-state index is 11.7. The van der Waals surface area contributed by atoms with Crippen molar-refractivity contribution in [3.63, 3.8) is 0 Å². The number of aliphatic carboxylic acids is 2. The average Bonchev–Trinajstić information content (AvgIpc) is 2.56. The van der Waals surface area contributed by atoms with E-state index in [0.717, 1.165) is 27.2 Å². The van der Waals surface area contributed by atoms with Gasteiger partial charge in [0.05, 0.1) is 0 Å². The molecule has 0 saturated heterocycles. The highest BCUT2D eigenvalue weighted by Crippen LogP contribution is 2.22. The normalized spacial score (nSPS) is 12.9. The van der Waals surface area contributed by atoms with Crippen molar-refractivity contribution in [3.8, 4) is 0 Å². The lowest BCUT2D eigenvalue weighted by molar-refractivity contribution is -0.139.